The van der Waals surface area contributed by atoms with Gasteiger partial charge < -0.3 is 10.1 Å². The average Bonchev–Trinajstić information content (AvgIpc) is 3.14. The van der Waals surface area contributed by atoms with Gasteiger partial charge >= 0.3 is 11.4 Å². The van der Waals surface area contributed by atoms with Gasteiger partial charge in [0.1, 0.15) is 0 Å². The topological polar surface area (TPSA) is 118 Å². The number of rotatable bonds is 5. The highest BCUT2D eigenvalue weighted by Crippen LogP contribution is 2.25. The third-order valence-electron chi connectivity index (χ3n) is 5.29. The van der Waals surface area contributed by atoms with Crippen molar-refractivity contribution < 1.29 is 4.74 Å². The quantitative estimate of drug-likeness (QED) is 0.608. The van der Waals surface area contributed by atoms with E-state index in [-0.39, 0.29) is 18.0 Å². The lowest BCUT2D eigenvalue weighted by Gasteiger charge is -2.23. The van der Waals surface area contributed by atoms with Crippen molar-refractivity contribution in [3.63, 3.8) is 0 Å². The van der Waals surface area contributed by atoms with Crippen LogP contribution in [0.3, 0.4) is 0 Å². The number of ether oxygens (including phenoxy) is 1. The third kappa shape index (κ3) is 4.00. The summed E-state index contributed by atoms with van der Waals surface area (Å²) < 4.78 is 6.50. The van der Waals surface area contributed by atoms with E-state index in [2.05, 4.69) is 31.5 Å². The summed E-state index contributed by atoms with van der Waals surface area (Å²) in [6.45, 7) is 5.00. The smallest absolute Gasteiger partial charge is 0.355 e. The Morgan fingerprint density at radius 2 is 2.07 bits per heavy atom. The number of aromatic nitrogens is 5. The molecule has 3 N–H and O–H groups in total. The first-order chi connectivity index (χ1) is 14.0. The molecule has 0 unspecified atom stereocenters. The van der Waals surface area contributed by atoms with E-state index >= 15 is 0 Å². The molecule has 0 saturated carbocycles. The third-order valence-corrected chi connectivity index (χ3v) is 5.29. The zero-order chi connectivity index (χ0) is 20.4. The molecule has 1 atom stereocenters. The van der Waals surface area contributed by atoms with Gasteiger partial charge in [-0.05, 0) is 43.9 Å². The molecule has 2 aromatic heterocycles. The van der Waals surface area contributed by atoms with E-state index < -0.39 is 11.4 Å². The summed E-state index contributed by atoms with van der Waals surface area (Å²) in [6.07, 6.45) is 3.06. The Hall–Kier alpha value is -3.20. The first-order valence-electron chi connectivity index (χ1n) is 9.70. The van der Waals surface area contributed by atoms with Crippen molar-refractivity contribution in [3.8, 4) is 11.1 Å². The minimum atomic E-state index is -0.543. The van der Waals surface area contributed by atoms with E-state index in [0.29, 0.717) is 26.1 Å². The fourth-order valence-electron chi connectivity index (χ4n) is 3.67. The van der Waals surface area contributed by atoms with Gasteiger partial charge in [-0.15, -0.1) is 0 Å². The zero-order valence-electron chi connectivity index (χ0n) is 16.4. The van der Waals surface area contributed by atoms with Crippen LogP contribution < -0.4 is 16.7 Å². The zero-order valence-corrected chi connectivity index (χ0v) is 16.4. The Labute approximate surface area is 167 Å². The molecule has 1 saturated heterocycles. The lowest BCUT2D eigenvalue weighted by Crippen LogP contribution is -2.42. The fraction of sp³-hybridized carbons (Fsp3) is 0.400. The van der Waals surface area contributed by atoms with Crippen LogP contribution in [0.5, 0.6) is 0 Å². The van der Waals surface area contributed by atoms with E-state index in [1.54, 1.807) is 6.20 Å². The van der Waals surface area contributed by atoms with Gasteiger partial charge in [0, 0.05) is 30.5 Å². The van der Waals surface area contributed by atoms with Gasteiger partial charge in [0.15, 0.2) is 0 Å². The molecule has 152 valence electrons. The van der Waals surface area contributed by atoms with Gasteiger partial charge in [-0.1, -0.05) is 18.2 Å². The first kappa shape index (κ1) is 19.1. The summed E-state index contributed by atoms with van der Waals surface area (Å²) in [4.78, 5) is 31.7. The summed E-state index contributed by atoms with van der Waals surface area (Å²) in [6, 6.07) is 7.68. The largest absolute Gasteiger partial charge is 0.381 e. The Morgan fingerprint density at radius 3 is 2.76 bits per heavy atom. The van der Waals surface area contributed by atoms with E-state index in [4.69, 9.17) is 4.74 Å². The van der Waals surface area contributed by atoms with Crippen LogP contribution in [-0.4, -0.2) is 37.9 Å². The minimum Gasteiger partial charge on any atom is -0.381 e. The van der Waals surface area contributed by atoms with Crippen LogP contribution in [0.15, 0.2) is 40.1 Å². The van der Waals surface area contributed by atoms with Crippen molar-refractivity contribution in [2.45, 2.75) is 38.8 Å². The monoisotopic (exact) mass is 396 g/mol. The van der Waals surface area contributed by atoms with Crippen LogP contribution in [0.2, 0.25) is 0 Å². The van der Waals surface area contributed by atoms with Gasteiger partial charge in [-0.25, -0.2) is 14.2 Å². The van der Waals surface area contributed by atoms with Crippen LogP contribution in [0, 0.1) is 6.92 Å². The number of aryl methyl sites for hydroxylation is 1. The second kappa shape index (κ2) is 8.04. The van der Waals surface area contributed by atoms with Crippen molar-refractivity contribution in [2.75, 3.05) is 18.5 Å². The van der Waals surface area contributed by atoms with Gasteiger partial charge in [0.05, 0.1) is 12.2 Å². The number of hydrogen-bond acceptors (Lipinski definition) is 6. The Balaban J connectivity index is 1.56. The summed E-state index contributed by atoms with van der Waals surface area (Å²) in [5.41, 5.74) is 3.07. The molecule has 29 heavy (non-hydrogen) atoms. The van der Waals surface area contributed by atoms with Gasteiger partial charge in [0.25, 0.3) is 0 Å². The maximum absolute atomic E-state index is 12.5. The van der Waals surface area contributed by atoms with Crippen molar-refractivity contribution in [1.29, 1.82) is 0 Å². The molecule has 1 aliphatic rings. The molecule has 0 bridgehead atoms. The van der Waals surface area contributed by atoms with E-state index in [0.717, 1.165) is 22.4 Å². The predicted molar refractivity (Wildman–Crippen MR) is 109 cm³/mol. The van der Waals surface area contributed by atoms with Gasteiger partial charge in [-0.3, -0.25) is 10.1 Å². The highest BCUT2D eigenvalue weighted by molar-refractivity contribution is 5.65. The maximum atomic E-state index is 12.5. The molecule has 1 fully saturated rings. The van der Waals surface area contributed by atoms with Crippen molar-refractivity contribution in [2.24, 2.45) is 0 Å². The van der Waals surface area contributed by atoms with Gasteiger partial charge in [0.2, 0.25) is 5.95 Å². The van der Waals surface area contributed by atoms with Crippen molar-refractivity contribution in [3.05, 3.63) is 62.7 Å². The van der Waals surface area contributed by atoms with Gasteiger partial charge in [-0.2, -0.15) is 10.1 Å². The first-order valence-corrected chi connectivity index (χ1v) is 9.70. The Kier molecular flexibility index (Phi) is 5.30. The van der Waals surface area contributed by atoms with E-state index in [9.17, 15) is 9.59 Å². The predicted octanol–water partition coefficient (Wildman–Crippen LogP) is 2.15. The molecule has 4 rings (SSSR count). The number of anilines is 1. The number of H-pyrrole nitrogens is 2. The second-order valence-electron chi connectivity index (χ2n) is 7.29. The molecule has 0 radical (unpaired) electrons. The summed E-state index contributed by atoms with van der Waals surface area (Å²) in [7, 11) is 0. The molecule has 9 nitrogen and oxygen atoms in total. The Bertz CT molecular complexity index is 1080. The number of benzene rings is 1. The number of aromatic amines is 2. The molecular formula is C20H24N6O3. The standard InChI is InChI=1S/C20H24N6O3/c1-12(14-4-3-5-15(10-14)17-11-21-25-13(17)2)22-18-23-19(27)26(20(28)24-18)16-6-8-29-9-7-16/h3-5,10-12,16H,6-9H2,1-2H3,(H,21,25)(H2,22,23,24,27,28)/t12-/m0/s1. The lowest BCUT2D eigenvalue weighted by atomic mass is 10.0. The highest BCUT2D eigenvalue weighted by atomic mass is 16.5. The molecule has 0 spiro atoms. The molecule has 0 aliphatic carbocycles. The average molecular weight is 396 g/mol. The van der Waals surface area contributed by atoms with Crippen LogP contribution in [-0.2, 0) is 4.74 Å². The Morgan fingerprint density at radius 1 is 1.28 bits per heavy atom. The van der Waals surface area contributed by atoms with Crippen LogP contribution in [0.4, 0.5) is 5.95 Å². The normalized spacial score (nSPS) is 15.9. The van der Waals surface area contributed by atoms with E-state index in [1.165, 1.54) is 4.57 Å². The molecule has 9 heteroatoms. The molecule has 0 amide bonds. The lowest BCUT2D eigenvalue weighted by molar-refractivity contribution is 0.0670. The van der Waals surface area contributed by atoms with E-state index in [1.807, 2.05) is 32.0 Å². The molecule has 3 aromatic rings. The molecular weight excluding hydrogens is 372 g/mol. The summed E-state index contributed by atoms with van der Waals surface area (Å²) in [5.74, 6) is 0.167. The van der Waals surface area contributed by atoms with Crippen molar-refractivity contribution in [1.82, 2.24) is 24.7 Å². The number of nitrogens with zero attached hydrogens (tertiary/aromatic N) is 3. The second-order valence-corrected chi connectivity index (χ2v) is 7.29. The number of hydrogen-bond donors (Lipinski definition) is 3. The van der Waals surface area contributed by atoms with Crippen molar-refractivity contribution >= 4 is 5.95 Å². The maximum Gasteiger partial charge on any atom is 0.355 e. The van der Waals surface area contributed by atoms with Crippen LogP contribution in [0.1, 0.15) is 43.1 Å². The van der Waals surface area contributed by atoms with Crippen LogP contribution in [0.25, 0.3) is 11.1 Å². The fourth-order valence-corrected chi connectivity index (χ4v) is 3.67. The molecule has 1 aliphatic heterocycles. The summed E-state index contributed by atoms with van der Waals surface area (Å²) in [5, 5.41) is 10.1. The SMILES string of the molecule is Cc1[nH]ncc1-c1cccc([C@H](C)Nc2nc(=O)n(C3CCOCC3)c(=O)[nH]2)c1. The minimum absolute atomic E-state index is 0.163. The molecule has 3 heterocycles. The van der Waals surface area contributed by atoms with Crippen LogP contribution >= 0.6 is 0 Å². The summed E-state index contributed by atoms with van der Waals surface area (Å²) >= 11 is 0. The molecule has 1 aromatic carbocycles. The number of nitrogens with one attached hydrogen (secondary N) is 3. The highest BCUT2D eigenvalue weighted by Gasteiger charge is 2.20.